The zero-order valence-electron chi connectivity index (χ0n) is 10.5. The summed E-state index contributed by atoms with van der Waals surface area (Å²) in [5.74, 6) is -1.06. The third kappa shape index (κ3) is 4.40. The molecule has 4 heteroatoms. The van der Waals surface area contributed by atoms with Gasteiger partial charge in [0.1, 0.15) is 11.6 Å². The molecule has 2 atom stereocenters. The van der Waals surface area contributed by atoms with Crippen LogP contribution in [0.3, 0.4) is 0 Å². The van der Waals surface area contributed by atoms with Crippen molar-refractivity contribution in [3.8, 4) is 0 Å². The summed E-state index contributed by atoms with van der Waals surface area (Å²) in [5.41, 5.74) is 0.482. The van der Waals surface area contributed by atoms with Crippen LogP contribution in [0.15, 0.2) is 18.2 Å². The molecule has 2 nitrogen and oxygen atoms in total. The molecule has 17 heavy (non-hydrogen) atoms. The molecule has 1 rings (SSSR count). The standard InChI is InChI=1S/C13H19F2NO/c1-9(6-7-17-3)16-10(2)12-5-4-11(14)8-13(12)15/h4-5,8-10,16H,6-7H2,1-3H3. The van der Waals surface area contributed by atoms with Crippen LogP contribution in [-0.4, -0.2) is 19.8 Å². The van der Waals surface area contributed by atoms with Gasteiger partial charge in [0.2, 0.25) is 0 Å². The maximum atomic E-state index is 13.5. The highest BCUT2D eigenvalue weighted by atomic mass is 19.1. The highest BCUT2D eigenvalue weighted by molar-refractivity contribution is 5.21. The number of rotatable bonds is 6. The lowest BCUT2D eigenvalue weighted by Gasteiger charge is -2.20. The molecule has 1 aromatic rings. The van der Waals surface area contributed by atoms with Crippen LogP contribution in [0.2, 0.25) is 0 Å². The summed E-state index contributed by atoms with van der Waals surface area (Å²) in [6.45, 7) is 4.53. The average molecular weight is 243 g/mol. The minimum atomic E-state index is -0.550. The first kappa shape index (κ1) is 14.1. The van der Waals surface area contributed by atoms with Gasteiger partial charge in [-0.1, -0.05) is 6.07 Å². The van der Waals surface area contributed by atoms with E-state index < -0.39 is 11.6 Å². The van der Waals surface area contributed by atoms with Crippen molar-refractivity contribution < 1.29 is 13.5 Å². The molecule has 0 aliphatic heterocycles. The molecule has 0 aliphatic carbocycles. The first-order chi connectivity index (χ1) is 8.04. The normalized spacial score (nSPS) is 14.6. The number of hydrogen-bond donors (Lipinski definition) is 1. The van der Waals surface area contributed by atoms with Gasteiger partial charge in [0, 0.05) is 37.4 Å². The summed E-state index contributed by atoms with van der Waals surface area (Å²) in [5, 5.41) is 3.25. The fourth-order valence-corrected chi connectivity index (χ4v) is 1.75. The van der Waals surface area contributed by atoms with Crippen LogP contribution in [0, 0.1) is 11.6 Å². The van der Waals surface area contributed by atoms with Crippen molar-refractivity contribution in [2.24, 2.45) is 0 Å². The number of ether oxygens (including phenoxy) is 1. The van der Waals surface area contributed by atoms with Crippen LogP contribution < -0.4 is 5.32 Å². The van der Waals surface area contributed by atoms with Gasteiger partial charge in [-0.25, -0.2) is 8.78 Å². The van der Waals surface area contributed by atoms with E-state index in [1.807, 2.05) is 13.8 Å². The quantitative estimate of drug-likeness (QED) is 0.829. The van der Waals surface area contributed by atoms with Gasteiger partial charge in [-0.2, -0.15) is 0 Å². The second-order valence-corrected chi connectivity index (χ2v) is 4.24. The van der Waals surface area contributed by atoms with Crippen molar-refractivity contribution >= 4 is 0 Å². The summed E-state index contributed by atoms with van der Waals surface area (Å²) < 4.78 is 31.2. The Bertz CT molecular complexity index is 357. The first-order valence-corrected chi connectivity index (χ1v) is 5.74. The molecule has 0 saturated carbocycles. The smallest absolute Gasteiger partial charge is 0.130 e. The molecule has 0 saturated heterocycles. The summed E-state index contributed by atoms with van der Waals surface area (Å²) in [6, 6.07) is 3.73. The number of methoxy groups -OCH3 is 1. The predicted molar refractivity (Wildman–Crippen MR) is 63.9 cm³/mol. The Morgan fingerprint density at radius 3 is 2.59 bits per heavy atom. The second kappa shape index (κ2) is 6.67. The topological polar surface area (TPSA) is 21.3 Å². The molecule has 0 radical (unpaired) electrons. The SMILES string of the molecule is COCCC(C)NC(C)c1ccc(F)cc1F. The predicted octanol–water partition coefficient (Wildman–Crippen LogP) is 3.04. The van der Waals surface area contributed by atoms with Crippen LogP contribution in [0.5, 0.6) is 0 Å². The van der Waals surface area contributed by atoms with Crippen molar-refractivity contribution in [3.05, 3.63) is 35.4 Å². The molecule has 0 fully saturated rings. The highest BCUT2D eigenvalue weighted by Gasteiger charge is 2.13. The van der Waals surface area contributed by atoms with Crippen LogP contribution in [0.4, 0.5) is 8.78 Å². The summed E-state index contributed by atoms with van der Waals surface area (Å²) in [4.78, 5) is 0. The zero-order valence-corrected chi connectivity index (χ0v) is 10.5. The van der Waals surface area contributed by atoms with E-state index in [2.05, 4.69) is 5.32 Å². The van der Waals surface area contributed by atoms with Crippen LogP contribution in [0.1, 0.15) is 31.9 Å². The van der Waals surface area contributed by atoms with E-state index in [1.54, 1.807) is 7.11 Å². The van der Waals surface area contributed by atoms with E-state index >= 15 is 0 Å². The first-order valence-electron chi connectivity index (χ1n) is 5.74. The van der Waals surface area contributed by atoms with E-state index in [1.165, 1.54) is 12.1 Å². The minimum absolute atomic E-state index is 0.151. The van der Waals surface area contributed by atoms with Crippen molar-refractivity contribution in [1.82, 2.24) is 5.32 Å². The van der Waals surface area contributed by atoms with E-state index in [0.717, 1.165) is 12.5 Å². The molecule has 2 unspecified atom stereocenters. The fraction of sp³-hybridized carbons (Fsp3) is 0.538. The Balaban J connectivity index is 2.60. The number of nitrogens with one attached hydrogen (secondary N) is 1. The summed E-state index contributed by atoms with van der Waals surface area (Å²) >= 11 is 0. The highest BCUT2D eigenvalue weighted by Crippen LogP contribution is 2.18. The summed E-state index contributed by atoms with van der Waals surface area (Å²) in [6.07, 6.45) is 0.851. The Morgan fingerprint density at radius 1 is 1.29 bits per heavy atom. The van der Waals surface area contributed by atoms with Gasteiger partial charge in [-0.15, -0.1) is 0 Å². The molecule has 0 heterocycles. The lowest BCUT2D eigenvalue weighted by atomic mass is 10.1. The van der Waals surface area contributed by atoms with E-state index in [-0.39, 0.29) is 12.1 Å². The number of benzene rings is 1. The van der Waals surface area contributed by atoms with Gasteiger partial charge in [0.05, 0.1) is 0 Å². The van der Waals surface area contributed by atoms with Gasteiger partial charge in [-0.3, -0.25) is 0 Å². The molecular weight excluding hydrogens is 224 g/mol. The molecule has 0 spiro atoms. The zero-order chi connectivity index (χ0) is 12.8. The lowest BCUT2D eigenvalue weighted by molar-refractivity contribution is 0.183. The molecule has 0 amide bonds. The molecule has 0 aliphatic rings. The van der Waals surface area contributed by atoms with Gasteiger partial charge in [-0.05, 0) is 26.3 Å². The molecular formula is C13H19F2NO. The molecule has 1 N–H and O–H groups in total. The monoisotopic (exact) mass is 243 g/mol. The maximum Gasteiger partial charge on any atom is 0.130 e. The van der Waals surface area contributed by atoms with Gasteiger partial charge in [0.25, 0.3) is 0 Å². The van der Waals surface area contributed by atoms with Crippen molar-refractivity contribution in [2.45, 2.75) is 32.4 Å². The Morgan fingerprint density at radius 2 is 2.00 bits per heavy atom. The van der Waals surface area contributed by atoms with E-state index in [9.17, 15) is 8.78 Å². The van der Waals surface area contributed by atoms with Crippen molar-refractivity contribution in [2.75, 3.05) is 13.7 Å². The van der Waals surface area contributed by atoms with E-state index in [0.29, 0.717) is 12.2 Å². The molecule has 96 valence electrons. The fourth-order valence-electron chi connectivity index (χ4n) is 1.75. The molecule has 1 aromatic carbocycles. The van der Waals surface area contributed by atoms with Crippen molar-refractivity contribution in [1.29, 1.82) is 0 Å². The molecule has 0 aromatic heterocycles. The number of hydrogen-bond acceptors (Lipinski definition) is 2. The van der Waals surface area contributed by atoms with Gasteiger partial charge >= 0.3 is 0 Å². The minimum Gasteiger partial charge on any atom is -0.385 e. The second-order valence-electron chi connectivity index (χ2n) is 4.24. The van der Waals surface area contributed by atoms with E-state index in [4.69, 9.17) is 4.74 Å². The maximum absolute atomic E-state index is 13.5. The van der Waals surface area contributed by atoms with Crippen LogP contribution in [-0.2, 0) is 4.74 Å². The molecule has 0 bridgehead atoms. The third-order valence-corrected chi connectivity index (χ3v) is 2.72. The van der Waals surface area contributed by atoms with Crippen LogP contribution in [0.25, 0.3) is 0 Å². The average Bonchev–Trinajstić information content (AvgIpc) is 2.26. The van der Waals surface area contributed by atoms with Gasteiger partial charge < -0.3 is 10.1 Å². The third-order valence-electron chi connectivity index (χ3n) is 2.72. The Hall–Kier alpha value is -1.00. The lowest BCUT2D eigenvalue weighted by Crippen LogP contribution is -2.30. The number of halogens is 2. The Labute approximate surface area is 101 Å². The van der Waals surface area contributed by atoms with Gasteiger partial charge in [0.15, 0.2) is 0 Å². The Kier molecular flexibility index (Phi) is 5.51. The summed E-state index contributed by atoms with van der Waals surface area (Å²) in [7, 11) is 1.65. The van der Waals surface area contributed by atoms with Crippen LogP contribution >= 0.6 is 0 Å². The van der Waals surface area contributed by atoms with Crippen molar-refractivity contribution in [3.63, 3.8) is 0 Å². The largest absolute Gasteiger partial charge is 0.385 e.